The van der Waals surface area contributed by atoms with Gasteiger partial charge < -0.3 is 15.5 Å². The van der Waals surface area contributed by atoms with Crippen LogP contribution in [0.25, 0.3) is 0 Å². The van der Waals surface area contributed by atoms with Crippen molar-refractivity contribution in [2.24, 2.45) is 17.3 Å². The van der Waals surface area contributed by atoms with E-state index in [1.807, 2.05) is 18.3 Å². The van der Waals surface area contributed by atoms with E-state index in [-0.39, 0.29) is 5.41 Å². The first-order chi connectivity index (χ1) is 11.1. The van der Waals surface area contributed by atoms with Crippen LogP contribution in [0.15, 0.2) is 18.3 Å². The van der Waals surface area contributed by atoms with Gasteiger partial charge in [0.05, 0.1) is 11.9 Å². The van der Waals surface area contributed by atoms with Gasteiger partial charge in [-0.2, -0.15) is 0 Å². The fourth-order valence-electron chi connectivity index (χ4n) is 4.98. The van der Waals surface area contributed by atoms with Crippen LogP contribution in [-0.2, 0) is 4.79 Å². The number of nitrogens with two attached hydrogens (primary N) is 1. The Morgan fingerprint density at radius 2 is 2.04 bits per heavy atom. The van der Waals surface area contributed by atoms with E-state index >= 15 is 0 Å². The van der Waals surface area contributed by atoms with Gasteiger partial charge >= 0.3 is 0 Å². The van der Waals surface area contributed by atoms with Crippen molar-refractivity contribution < 1.29 is 4.79 Å². The number of hydrogen-bond donors (Lipinski definition) is 1. The molecule has 4 rings (SSSR count). The summed E-state index contributed by atoms with van der Waals surface area (Å²) < 4.78 is 0. The number of rotatable bonds is 2. The number of fused-ring (bicyclic) bond motifs is 2. The Morgan fingerprint density at radius 3 is 2.61 bits per heavy atom. The van der Waals surface area contributed by atoms with Crippen LogP contribution in [0.4, 0.5) is 11.5 Å². The summed E-state index contributed by atoms with van der Waals surface area (Å²) in [6.07, 6.45) is 6.80. The standard InChI is InChI=1S/C18H26N4O/c1-18(11-13-2-3-14(18)10-13)17(23)22-8-6-21(7-9-22)15-4-5-16(19)20-12-15/h4-5,12-14H,2-3,6-11H2,1H3,(H2,19,20). The lowest BCUT2D eigenvalue weighted by molar-refractivity contribution is -0.144. The van der Waals surface area contributed by atoms with E-state index < -0.39 is 0 Å². The Labute approximate surface area is 137 Å². The van der Waals surface area contributed by atoms with Gasteiger partial charge in [-0.15, -0.1) is 0 Å². The molecule has 3 aliphatic rings. The van der Waals surface area contributed by atoms with Crippen LogP contribution < -0.4 is 10.6 Å². The Bertz CT molecular complexity index is 594. The monoisotopic (exact) mass is 314 g/mol. The molecule has 2 aliphatic carbocycles. The first-order valence-electron chi connectivity index (χ1n) is 8.82. The summed E-state index contributed by atoms with van der Waals surface area (Å²) in [5.74, 6) is 2.38. The molecular formula is C18H26N4O. The Balaban J connectivity index is 1.39. The summed E-state index contributed by atoms with van der Waals surface area (Å²) in [4.78, 5) is 21.6. The van der Waals surface area contributed by atoms with Gasteiger partial charge in [0.25, 0.3) is 0 Å². The predicted octanol–water partition coefficient (Wildman–Crippen LogP) is 2.14. The molecule has 3 unspecified atom stereocenters. The molecule has 2 heterocycles. The van der Waals surface area contributed by atoms with Gasteiger partial charge in [0.1, 0.15) is 5.82 Å². The number of nitrogen functional groups attached to an aromatic ring is 1. The average Bonchev–Trinajstić information content (AvgIpc) is 3.16. The van der Waals surface area contributed by atoms with E-state index in [1.54, 1.807) is 0 Å². The molecule has 23 heavy (non-hydrogen) atoms. The lowest BCUT2D eigenvalue weighted by Crippen LogP contribution is -2.53. The SMILES string of the molecule is CC1(C(=O)N2CCN(c3ccc(N)nc3)CC2)CC2CCC1C2. The maximum absolute atomic E-state index is 13.1. The molecule has 1 saturated heterocycles. The van der Waals surface area contributed by atoms with Gasteiger partial charge in [-0.1, -0.05) is 13.3 Å². The molecule has 1 aromatic rings. The van der Waals surface area contributed by atoms with E-state index in [0.29, 0.717) is 17.6 Å². The molecule has 5 heteroatoms. The first kappa shape index (κ1) is 14.8. The lowest BCUT2D eigenvalue weighted by atomic mass is 9.73. The molecule has 0 aromatic carbocycles. The van der Waals surface area contributed by atoms with Gasteiger partial charge in [0, 0.05) is 31.6 Å². The highest BCUT2D eigenvalue weighted by Gasteiger charge is 2.53. The Kier molecular flexibility index (Phi) is 3.47. The number of nitrogens with zero attached hydrogens (tertiary/aromatic N) is 3. The van der Waals surface area contributed by atoms with Crippen molar-refractivity contribution in [1.82, 2.24) is 9.88 Å². The van der Waals surface area contributed by atoms with Crippen LogP contribution >= 0.6 is 0 Å². The van der Waals surface area contributed by atoms with Crippen LogP contribution in [0.5, 0.6) is 0 Å². The normalized spacial score (nSPS) is 33.3. The number of amides is 1. The minimum Gasteiger partial charge on any atom is -0.384 e. The second kappa shape index (κ2) is 5.39. The zero-order valence-corrected chi connectivity index (χ0v) is 13.9. The highest BCUT2D eigenvalue weighted by atomic mass is 16.2. The Morgan fingerprint density at radius 1 is 1.26 bits per heavy atom. The number of piperazine rings is 1. The molecule has 2 bridgehead atoms. The summed E-state index contributed by atoms with van der Waals surface area (Å²) in [5.41, 5.74) is 6.65. The van der Waals surface area contributed by atoms with Crippen molar-refractivity contribution in [2.75, 3.05) is 36.8 Å². The van der Waals surface area contributed by atoms with Gasteiger partial charge in [0.15, 0.2) is 0 Å². The summed E-state index contributed by atoms with van der Waals surface area (Å²) in [6.45, 7) is 5.60. The second-order valence-electron chi connectivity index (χ2n) is 7.72. The molecule has 0 spiro atoms. The van der Waals surface area contributed by atoms with Crippen molar-refractivity contribution in [1.29, 1.82) is 0 Å². The third kappa shape index (κ3) is 2.46. The van der Waals surface area contributed by atoms with Crippen LogP contribution in [0.2, 0.25) is 0 Å². The molecule has 2 N–H and O–H groups in total. The predicted molar refractivity (Wildman–Crippen MR) is 91.0 cm³/mol. The zero-order valence-electron chi connectivity index (χ0n) is 13.9. The van der Waals surface area contributed by atoms with Crippen LogP contribution in [-0.4, -0.2) is 42.0 Å². The van der Waals surface area contributed by atoms with E-state index in [2.05, 4.69) is 21.7 Å². The van der Waals surface area contributed by atoms with Crippen molar-refractivity contribution >= 4 is 17.4 Å². The molecular weight excluding hydrogens is 288 g/mol. The average molecular weight is 314 g/mol. The van der Waals surface area contributed by atoms with E-state index in [9.17, 15) is 4.79 Å². The van der Waals surface area contributed by atoms with Gasteiger partial charge in [0.2, 0.25) is 5.91 Å². The summed E-state index contributed by atoms with van der Waals surface area (Å²) in [7, 11) is 0. The van der Waals surface area contributed by atoms with Crippen molar-refractivity contribution in [3.05, 3.63) is 18.3 Å². The first-order valence-corrected chi connectivity index (χ1v) is 8.82. The largest absolute Gasteiger partial charge is 0.384 e. The lowest BCUT2D eigenvalue weighted by Gasteiger charge is -2.42. The van der Waals surface area contributed by atoms with Gasteiger partial charge in [-0.25, -0.2) is 4.98 Å². The number of aromatic nitrogens is 1. The number of carbonyl (C=O) groups is 1. The molecule has 3 atom stereocenters. The van der Waals surface area contributed by atoms with Crippen LogP contribution in [0.1, 0.15) is 32.6 Å². The maximum atomic E-state index is 13.1. The van der Waals surface area contributed by atoms with E-state index in [4.69, 9.17) is 5.73 Å². The highest BCUT2D eigenvalue weighted by molar-refractivity contribution is 5.83. The van der Waals surface area contributed by atoms with E-state index in [0.717, 1.165) is 44.2 Å². The maximum Gasteiger partial charge on any atom is 0.228 e. The molecule has 124 valence electrons. The second-order valence-corrected chi connectivity index (χ2v) is 7.72. The van der Waals surface area contributed by atoms with Crippen molar-refractivity contribution in [3.63, 3.8) is 0 Å². The number of pyridine rings is 1. The minimum absolute atomic E-state index is 0.0894. The number of anilines is 2. The van der Waals surface area contributed by atoms with E-state index in [1.165, 1.54) is 19.3 Å². The number of hydrogen-bond acceptors (Lipinski definition) is 4. The van der Waals surface area contributed by atoms with Crippen molar-refractivity contribution in [2.45, 2.75) is 32.6 Å². The molecule has 5 nitrogen and oxygen atoms in total. The minimum atomic E-state index is -0.0894. The van der Waals surface area contributed by atoms with Gasteiger partial charge in [-0.05, 0) is 43.2 Å². The quantitative estimate of drug-likeness (QED) is 0.908. The molecule has 3 fully saturated rings. The highest BCUT2D eigenvalue weighted by Crippen LogP contribution is 2.56. The molecule has 1 aliphatic heterocycles. The molecule has 2 saturated carbocycles. The smallest absolute Gasteiger partial charge is 0.228 e. The number of carbonyl (C=O) groups excluding carboxylic acids is 1. The van der Waals surface area contributed by atoms with Gasteiger partial charge in [-0.3, -0.25) is 4.79 Å². The fourth-order valence-corrected chi connectivity index (χ4v) is 4.98. The third-order valence-electron chi connectivity index (χ3n) is 6.35. The van der Waals surface area contributed by atoms with Crippen LogP contribution in [0.3, 0.4) is 0 Å². The Hall–Kier alpha value is -1.78. The summed E-state index contributed by atoms with van der Waals surface area (Å²) in [5, 5.41) is 0. The van der Waals surface area contributed by atoms with Crippen molar-refractivity contribution in [3.8, 4) is 0 Å². The van der Waals surface area contributed by atoms with Crippen LogP contribution in [0, 0.1) is 17.3 Å². The molecule has 1 aromatic heterocycles. The third-order valence-corrected chi connectivity index (χ3v) is 6.35. The topological polar surface area (TPSA) is 62.5 Å². The zero-order chi connectivity index (χ0) is 16.0. The molecule has 1 amide bonds. The summed E-state index contributed by atoms with van der Waals surface area (Å²) in [6, 6.07) is 3.85. The fraction of sp³-hybridized carbons (Fsp3) is 0.667. The summed E-state index contributed by atoms with van der Waals surface area (Å²) >= 11 is 0. The molecule has 0 radical (unpaired) electrons.